The summed E-state index contributed by atoms with van der Waals surface area (Å²) in [5.74, 6) is 0.779. The number of rotatable bonds is 7. The average molecular weight is 238 g/mol. The van der Waals surface area contributed by atoms with E-state index in [-0.39, 0.29) is 6.61 Å². The molecule has 0 bridgehead atoms. The lowest BCUT2D eigenvalue weighted by Crippen LogP contribution is -2.27. The first kappa shape index (κ1) is 13.6. The number of aliphatic hydroxyl groups is 1. The zero-order chi connectivity index (χ0) is 12.7. The van der Waals surface area contributed by atoms with Crippen LogP contribution in [-0.4, -0.2) is 31.4 Å². The van der Waals surface area contributed by atoms with Gasteiger partial charge in [0.15, 0.2) is 0 Å². The second-order valence-electron chi connectivity index (χ2n) is 3.90. The van der Waals surface area contributed by atoms with Crippen LogP contribution in [0.2, 0.25) is 0 Å². The maximum Gasteiger partial charge on any atom is 0.123 e. The fraction of sp³-hybridized carbons (Fsp3) is 0.538. The summed E-state index contributed by atoms with van der Waals surface area (Å²) in [5, 5.41) is 9.06. The van der Waals surface area contributed by atoms with Crippen molar-refractivity contribution in [1.82, 2.24) is 0 Å². The standard InChI is InChI=1S/C13H22N2O2/c1-3-5-15(6-7-16)12-8-11(14)9-13(10-12)17-4-2/h8-10,16H,3-7,14H2,1-2H3. The van der Waals surface area contributed by atoms with Crippen LogP contribution < -0.4 is 15.4 Å². The molecule has 3 N–H and O–H groups in total. The molecule has 0 aliphatic heterocycles. The van der Waals surface area contributed by atoms with E-state index in [0.717, 1.165) is 24.4 Å². The van der Waals surface area contributed by atoms with Crippen LogP contribution in [0.3, 0.4) is 0 Å². The topological polar surface area (TPSA) is 58.7 Å². The maximum absolute atomic E-state index is 9.06. The van der Waals surface area contributed by atoms with Gasteiger partial charge in [0.25, 0.3) is 0 Å². The molecule has 0 amide bonds. The van der Waals surface area contributed by atoms with Gasteiger partial charge in [0, 0.05) is 36.6 Å². The van der Waals surface area contributed by atoms with Crippen molar-refractivity contribution in [2.75, 3.05) is 36.9 Å². The predicted octanol–water partition coefficient (Wildman–Crippen LogP) is 1.88. The van der Waals surface area contributed by atoms with Crippen molar-refractivity contribution in [3.8, 4) is 5.75 Å². The Kier molecular flexibility index (Phi) is 5.63. The highest BCUT2D eigenvalue weighted by Gasteiger charge is 2.07. The van der Waals surface area contributed by atoms with E-state index in [1.54, 1.807) is 0 Å². The van der Waals surface area contributed by atoms with Gasteiger partial charge >= 0.3 is 0 Å². The number of hydrogen-bond acceptors (Lipinski definition) is 4. The minimum atomic E-state index is 0.138. The van der Waals surface area contributed by atoms with Crippen LogP contribution in [0, 0.1) is 0 Å². The van der Waals surface area contributed by atoms with Crippen molar-refractivity contribution in [2.24, 2.45) is 0 Å². The number of aliphatic hydroxyl groups excluding tert-OH is 1. The summed E-state index contributed by atoms with van der Waals surface area (Å²) in [5.41, 5.74) is 7.54. The van der Waals surface area contributed by atoms with Gasteiger partial charge in [-0.05, 0) is 19.4 Å². The van der Waals surface area contributed by atoms with E-state index in [2.05, 4.69) is 11.8 Å². The molecular weight excluding hydrogens is 216 g/mol. The molecule has 1 rings (SSSR count). The third-order valence-electron chi connectivity index (χ3n) is 2.45. The SMILES string of the molecule is CCCN(CCO)c1cc(N)cc(OCC)c1. The van der Waals surface area contributed by atoms with E-state index >= 15 is 0 Å². The van der Waals surface area contributed by atoms with Gasteiger partial charge in [0.1, 0.15) is 5.75 Å². The third kappa shape index (κ3) is 4.15. The lowest BCUT2D eigenvalue weighted by molar-refractivity contribution is 0.301. The van der Waals surface area contributed by atoms with Gasteiger partial charge in [-0.15, -0.1) is 0 Å². The molecule has 0 atom stereocenters. The van der Waals surface area contributed by atoms with E-state index in [0.29, 0.717) is 18.8 Å². The largest absolute Gasteiger partial charge is 0.494 e. The summed E-state index contributed by atoms with van der Waals surface area (Å²) in [6.07, 6.45) is 1.03. The first-order valence-corrected chi connectivity index (χ1v) is 6.10. The summed E-state index contributed by atoms with van der Waals surface area (Å²) in [4.78, 5) is 2.11. The van der Waals surface area contributed by atoms with Crippen molar-refractivity contribution < 1.29 is 9.84 Å². The first-order valence-electron chi connectivity index (χ1n) is 6.10. The molecule has 4 nitrogen and oxygen atoms in total. The van der Waals surface area contributed by atoms with Crippen LogP contribution in [0.15, 0.2) is 18.2 Å². The first-order chi connectivity index (χ1) is 8.21. The van der Waals surface area contributed by atoms with Crippen molar-refractivity contribution in [2.45, 2.75) is 20.3 Å². The van der Waals surface area contributed by atoms with Gasteiger partial charge in [0.05, 0.1) is 13.2 Å². The Hall–Kier alpha value is -1.42. The molecule has 0 spiro atoms. The lowest BCUT2D eigenvalue weighted by Gasteiger charge is -2.24. The number of ether oxygens (including phenoxy) is 1. The Morgan fingerprint density at radius 1 is 1.24 bits per heavy atom. The normalized spacial score (nSPS) is 10.3. The van der Waals surface area contributed by atoms with Crippen LogP contribution >= 0.6 is 0 Å². The Labute approximate surface area is 103 Å². The molecule has 1 aromatic carbocycles. The van der Waals surface area contributed by atoms with Gasteiger partial charge < -0.3 is 20.5 Å². The van der Waals surface area contributed by atoms with Crippen molar-refractivity contribution in [3.63, 3.8) is 0 Å². The predicted molar refractivity (Wildman–Crippen MR) is 71.6 cm³/mol. The highest BCUT2D eigenvalue weighted by Crippen LogP contribution is 2.25. The number of benzene rings is 1. The third-order valence-corrected chi connectivity index (χ3v) is 2.45. The van der Waals surface area contributed by atoms with Crippen LogP contribution in [-0.2, 0) is 0 Å². The van der Waals surface area contributed by atoms with Crippen molar-refractivity contribution in [1.29, 1.82) is 0 Å². The highest BCUT2D eigenvalue weighted by molar-refractivity contribution is 5.60. The van der Waals surface area contributed by atoms with Crippen molar-refractivity contribution >= 4 is 11.4 Å². The van der Waals surface area contributed by atoms with Gasteiger partial charge in [0.2, 0.25) is 0 Å². The van der Waals surface area contributed by atoms with Crippen LogP contribution in [0.25, 0.3) is 0 Å². The fourth-order valence-electron chi connectivity index (χ4n) is 1.80. The van der Waals surface area contributed by atoms with E-state index in [1.165, 1.54) is 0 Å². The second-order valence-corrected chi connectivity index (χ2v) is 3.90. The van der Waals surface area contributed by atoms with Gasteiger partial charge in [-0.25, -0.2) is 0 Å². The minimum absolute atomic E-state index is 0.138. The summed E-state index contributed by atoms with van der Waals surface area (Å²) in [6, 6.07) is 5.69. The number of hydrogen-bond donors (Lipinski definition) is 2. The number of nitrogen functional groups attached to an aromatic ring is 1. The maximum atomic E-state index is 9.06. The number of anilines is 2. The molecule has 0 radical (unpaired) electrons. The molecule has 0 aliphatic carbocycles. The smallest absolute Gasteiger partial charge is 0.123 e. The van der Waals surface area contributed by atoms with E-state index in [9.17, 15) is 0 Å². The zero-order valence-corrected chi connectivity index (χ0v) is 10.6. The van der Waals surface area contributed by atoms with Crippen molar-refractivity contribution in [3.05, 3.63) is 18.2 Å². The highest BCUT2D eigenvalue weighted by atomic mass is 16.5. The second kappa shape index (κ2) is 7.01. The Bertz CT molecular complexity index is 336. The molecular formula is C13H22N2O2. The summed E-state index contributed by atoms with van der Waals surface area (Å²) in [6.45, 7) is 6.33. The molecule has 4 heteroatoms. The monoisotopic (exact) mass is 238 g/mol. The number of nitrogens with two attached hydrogens (primary N) is 1. The van der Waals surface area contributed by atoms with Gasteiger partial charge in [-0.3, -0.25) is 0 Å². The molecule has 1 aromatic rings. The molecule has 0 heterocycles. The van der Waals surface area contributed by atoms with Gasteiger partial charge in [-0.2, -0.15) is 0 Å². The van der Waals surface area contributed by atoms with E-state index in [1.807, 2.05) is 25.1 Å². The molecule has 17 heavy (non-hydrogen) atoms. The molecule has 0 saturated heterocycles. The van der Waals surface area contributed by atoms with Crippen LogP contribution in [0.4, 0.5) is 11.4 Å². The van der Waals surface area contributed by atoms with Crippen LogP contribution in [0.5, 0.6) is 5.75 Å². The molecule has 0 unspecified atom stereocenters. The van der Waals surface area contributed by atoms with E-state index < -0.39 is 0 Å². The Morgan fingerprint density at radius 2 is 2.00 bits per heavy atom. The molecule has 0 aliphatic rings. The van der Waals surface area contributed by atoms with Gasteiger partial charge in [-0.1, -0.05) is 6.92 Å². The minimum Gasteiger partial charge on any atom is -0.494 e. The summed E-state index contributed by atoms with van der Waals surface area (Å²) < 4.78 is 5.46. The molecule has 0 aromatic heterocycles. The summed E-state index contributed by atoms with van der Waals surface area (Å²) in [7, 11) is 0. The average Bonchev–Trinajstić information content (AvgIpc) is 2.28. The van der Waals surface area contributed by atoms with E-state index in [4.69, 9.17) is 15.6 Å². The quantitative estimate of drug-likeness (QED) is 0.712. The molecule has 0 saturated carbocycles. The molecule has 96 valence electrons. The lowest BCUT2D eigenvalue weighted by atomic mass is 10.2. The zero-order valence-electron chi connectivity index (χ0n) is 10.6. The Morgan fingerprint density at radius 3 is 2.59 bits per heavy atom. The molecule has 0 fully saturated rings. The fourth-order valence-corrected chi connectivity index (χ4v) is 1.80. The van der Waals surface area contributed by atoms with Crippen LogP contribution in [0.1, 0.15) is 20.3 Å². The Balaban J connectivity index is 2.92. The summed E-state index contributed by atoms with van der Waals surface area (Å²) >= 11 is 0. The number of nitrogens with zero attached hydrogens (tertiary/aromatic N) is 1.